The van der Waals surface area contributed by atoms with Gasteiger partial charge < -0.3 is 10.2 Å². The first kappa shape index (κ1) is 18.9. The van der Waals surface area contributed by atoms with Gasteiger partial charge in [0.1, 0.15) is 0 Å². The molecule has 144 valence electrons. The molecule has 3 rings (SSSR count). The zero-order valence-electron chi connectivity index (χ0n) is 14.8. The summed E-state index contributed by atoms with van der Waals surface area (Å²) in [6.07, 6.45) is 2.18. The summed E-state index contributed by atoms with van der Waals surface area (Å²) in [5.74, 6) is -0.0970. The third-order valence-electron chi connectivity index (χ3n) is 5.09. The first-order chi connectivity index (χ1) is 12.4. The highest BCUT2D eigenvalue weighted by Gasteiger charge is 2.33. The Labute approximate surface area is 151 Å². The fourth-order valence-corrected chi connectivity index (χ4v) is 3.81. The Bertz CT molecular complexity index is 662. The van der Waals surface area contributed by atoms with E-state index in [1.807, 2.05) is 4.90 Å². The zero-order chi connectivity index (χ0) is 18.7. The topological polar surface area (TPSA) is 50.2 Å². The normalized spacial score (nSPS) is 20.7. The summed E-state index contributed by atoms with van der Waals surface area (Å²) in [5, 5.41) is 7.09. The van der Waals surface area contributed by atoms with E-state index in [2.05, 4.69) is 17.0 Å². The molecule has 5 nitrogen and oxygen atoms in total. The van der Waals surface area contributed by atoms with Gasteiger partial charge in [0.25, 0.3) is 5.91 Å². The molecule has 0 unspecified atom stereocenters. The van der Waals surface area contributed by atoms with Crippen molar-refractivity contribution in [3.05, 3.63) is 29.6 Å². The second-order valence-electron chi connectivity index (χ2n) is 7.03. The van der Waals surface area contributed by atoms with Gasteiger partial charge in [-0.3, -0.25) is 9.48 Å². The van der Waals surface area contributed by atoms with Gasteiger partial charge in [0.05, 0.1) is 13.1 Å². The fraction of sp³-hybridized carbons (Fsp3) is 0.667. The summed E-state index contributed by atoms with van der Waals surface area (Å²) in [7, 11) is 0. The van der Waals surface area contributed by atoms with Crippen molar-refractivity contribution in [3.8, 4) is 0 Å². The number of carbonyl (C=O) groups excluding carboxylic acids is 1. The third kappa shape index (κ3) is 4.28. The number of rotatable bonds is 5. The van der Waals surface area contributed by atoms with Gasteiger partial charge in [-0.2, -0.15) is 18.3 Å². The molecule has 1 aromatic rings. The van der Waals surface area contributed by atoms with Crippen LogP contribution in [0.3, 0.4) is 0 Å². The number of carbonyl (C=O) groups is 1. The van der Waals surface area contributed by atoms with Crippen molar-refractivity contribution in [2.24, 2.45) is 0 Å². The number of allylic oxidation sites excluding steroid dienone is 1. The van der Waals surface area contributed by atoms with Crippen LogP contribution in [-0.2, 0) is 19.4 Å². The summed E-state index contributed by atoms with van der Waals surface area (Å²) in [6.45, 7) is 4.65. The number of hydrogen-bond acceptors (Lipinski definition) is 3. The molecule has 1 amide bonds. The smallest absolute Gasteiger partial charge is 0.337 e. The lowest BCUT2D eigenvalue weighted by Gasteiger charge is -2.28. The number of hydrogen-bond donors (Lipinski definition) is 1. The largest absolute Gasteiger partial charge is 0.401 e. The molecule has 1 aliphatic heterocycles. The van der Waals surface area contributed by atoms with Gasteiger partial charge in [0.15, 0.2) is 5.69 Å². The Kier molecular flexibility index (Phi) is 5.70. The van der Waals surface area contributed by atoms with Crippen LogP contribution in [0.1, 0.15) is 47.4 Å². The first-order valence-corrected chi connectivity index (χ1v) is 9.18. The Morgan fingerprint density at radius 2 is 2.04 bits per heavy atom. The predicted molar refractivity (Wildman–Crippen MR) is 92.0 cm³/mol. The maximum absolute atomic E-state index is 12.9. The molecule has 0 bridgehead atoms. The molecule has 1 saturated heterocycles. The minimum Gasteiger partial charge on any atom is -0.337 e. The molecule has 0 aromatic carbocycles. The molecule has 2 heterocycles. The number of nitrogens with zero attached hydrogens (tertiary/aromatic N) is 3. The van der Waals surface area contributed by atoms with Crippen LogP contribution < -0.4 is 5.32 Å². The third-order valence-corrected chi connectivity index (χ3v) is 5.09. The summed E-state index contributed by atoms with van der Waals surface area (Å²) in [4.78, 5) is 14.8. The number of nitrogens with one attached hydrogen (secondary N) is 1. The first-order valence-electron chi connectivity index (χ1n) is 9.18. The van der Waals surface area contributed by atoms with E-state index in [0.29, 0.717) is 31.5 Å². The van der Waals surface area contributed by atoms with Gasteiger partial charge in [0, 0.05) is 30.4 Å². The maximum atomic E-state index is 12.9. The van der Waals surface area contributed by atoms with Crippen LogP contribution in [-0.4, -0.2) is 52.4 Å². The molecular weight excluding hydrogens is 345 g/mol. The van der Waals surface area contributed by atoms with Crippen molar-refractivity contribution in [3.63, 3.8) is 0 Å². The molecule has 1 N–H and O–H groups in total. The van der Waals surface area contributed by atoms with Gasteiger partial charge in [-0.25, -0.2) is 0 Å². The number of halogens is 3. The molecule has 8 heteroatoms. The van der Waals surface area contributed by atoms with Crippen molar-refractivity contribution >= 4 is 5.91 Å². The van der Waals surface area contributed by atoms with Gasteiger partial charge in [-0.05, 0) is 38.5 Å². The molecule has 2 aliphatic rings. The summed E-state index contributed by atoms with van der Waals surface area (Å²) < 4.78 is 39.3. The zero-order valence-corrected chi connectivity index (χ0v) is 14.8. The summed E-state index contributed by atoms with van der Waals surface area (Å²) in [6, 6.07) is -0.293. The van der Waals surface area contributed by atoms with Crippen LogP contribution in [0.4, 0.5) is 13.2 Å². The number of aromatic nitrogens is 2. The van der Waals surface area contributed by atoms with Crippen LogP contribution in [0.15, 0.2) is 12.7 Å². The fourth-order valence-electron chi connectivity index (χ4n) is 3.81. The Morgan fingerprint density at radius 3 is 2.69 bits per heavy atom. The summed E-state index contributed by atoms with van der Waals surface area (Å²) in [5.41, 5.74) is 2.16. The van der Waals surface area contributed by atoms with Crippen LogP contribution in [0.25, 0.3) is 0 Å². The molecule has 1 atom stereocenters. The lowest BCUT2D eigenvalue weighted by Crippen LogP contribution is -2.41. The highest BCUT2D eigenvalue weighted by molar-refractivity contribution is 5.94. The van der Waals surface area contributed by atoms with Gasteiger partial charge >= 0.3 is 6.18 Å². The monoisotopic (exact) mass is 370 g/mol. The molecular formula is C18H25F3N4O. The molecule has 1 aromatic heterocycles. The molecule has 1 aliphatic carbocycles. The highest BCUT2D eigenvalue weighted by Crippen LogP contribution is 2.27. The van der Waals surface area contributed by atoms with Crippen molar-refractivity contribution in [1.29, 1.82) is 0 Å². The average Bonchev–Trinajstić information content (AvgIpc) is 2.98. The Hall–Kier alpha value is -1.83. The van der Waals surface area contributed by atoms with Crippen molar-refractivity contribution < 1.29 is 18.0 Å². The number of piperidine rings is 1. The van der Waals surface area contributed by atoms with E-state index in [0.717, 1.165) is 43.6 Å². The molecule has 0 radical (unpaired) electrons. The van der Waals surface area contributed by atoms with Gasteiger partial charge in [0.2, 0.25) is 0 Å². The lowest BCUT2D eigenvalue weighted by molar-refractivity contribution is -0.126. The van der Waals surface area contributed by atoms with Crippen molar-refractivity contribution in [1.82, 2.24) is 20.0 Å². The van der Waals surface area contributed by atoms with E-state index >= 15 is 0 Å². The minimum absolute atomic E-state index is 0.0970. The average molecular weight is 370 g/mol. The van der Waals surface area contributed by atoms with E-state index in [1.165, 1.54) is 0 Å². The molecule has 26 heavy (non-hydrogen) atoms. The summed E-state index contributed by atoms with van der Waals surface area (Å²) >= 11 is 0. The highest BCUT2D eigenvalue weighted by atomic mass is 19.4. The number of likely N-dealkylation sites (tertiary alicyclic amines) is 1. The van der Waals surface area contributed by atoms with Crippen LogP contribution in [0.2, 0.25) is 0 Å². The lowest BCUT2D eigenvalue weighted by atomic mass is 9.91. The SMILES string of the molecule is C=CCn1nc(C(=O)N2CCCCC2)c2c1CC[C@H](NCC(F)(F)F)C2. The molecule has 1 fully saturated rings. The molecule has 0 saturated carbocycles. The molecule has 0 spiro atoms. The van der Waals surface area contributed by atoms with Gasteiger partial charge in [-0.1, -0.05) is 6.08 Å². The van der Waals surface area contributed by atoms with E-state index < -0.39 is 12.7 Å². The van der Waals surface area contributed by atoms with Crippen molar-refractivity contribution in [2.75, 3.05) is 19.6 Å². The van der Waals surface area contributed by atoms with E-state index in [-0.39, 0.29) is 11.9 Å². The van der Waals surface area contributed by atoms with Crippen LogP contribution >= 0.6 is 0 Å². The maximum Gasteiger partial charge on any atom is 0.401 e. The van der Waals surface area contributed by atoms with Crippen LogP contribution in [0.5, 0.6) is 0 Å². The van der Waals surface area contributed by atoms with Gasteiger partial charge in [-0.15, -0.1) is 6.58 Å². The minimum atomic E-state index is -4.24. The second-order valence-corrected chi connectivity index (χ2v) is 7.03. The van der Waals surface area contributed by atoms with E-state index in [4.69, 9.17) is 0 Å². The Morgan fingerprint density at radius 1 is 1.31 bits per heavy atom. The van der Waals surface area contributed by atoms with E-state index in [9.17, 15) is 18.0 Å². The number of alkyl halides is 3. The standard InChI is InChI=1S/C18H25F3N4O/c1-2-8-25-15-7-6-13(22-12-18(19,20)21)11-14(15)16(23-25)17(26)24-9-4-3-5-10-24/h2,13,22H,1,3-12H2/t13-/m0/s1. The Balaban J connectivity index is 1.82. The number of fused-ring (bicyclic) bond motifs is 1. The van der Waals surface area contributed by atoms with Crippen LogP contribution in [0, 0.1) is 0 Å². The van der Waals surface area contributed by atoms with Crippen molar-refractivity contribution in [2.45, 2.75) is 57.3 Å². The van der Waals surface area contributed by atoms with E-state index in [1.54, 1.807) is 10.8 Å². The second kappa shape index (κ2) is 7.82. The quantitative estimate of drug-likeness (QED) is 0.811. The predicted octanol–water partition coefficient (Wildman–Crippen LogP) is 2.70. The number of amides is 1.